The molecular formula is C16H19NO3. The fourth-order valence-electron chi connectivity index (χ4n) is 1.89. The van der Waals surface area contributed by atoms with Gasteiger partial charge in [0.25, 0.3) is 5.91 Å². The molecule has 1 aromatic rings. The molecule has 20 heavy (non-hydrogen) atoms. The Morgan fingerprint density at radius 2 is 2.25 bits per heavy atom. The summed E-state index contributed by atoms with van der Waals surface area (Å²) >= 11 is 0. The minimum atomic E-state index is -0.0889. The molecule has 106 valence electrons. The van der Waals surface area contributed by atoms with Gasteiger partial charge in [-0.3, -0.25) is 4.79 Å². The van der Waals surface area contributed by atoms with Gasteiger partial charge in [0, 0.05) is 17.7 Å². The van der Waals surface area contributed by atoms with E-state index in [1.165, 1.54) is 6.26 Å². The van der Waals surface area contributed by atoms with Crippen molar-refractivity contribution in [2.45, 2.75) is 19.8 Å². The summed E-state index contributed by atoms with van der Waals surface area (Å²) < 4.78 is 10.7. The topological polar surface area (TPSA) is 47.6 Å². The summed E-state index contributed by atoms with van der Waals surface area (Å²) in [5.74, 6) is 1.35. The zero-order valence-electron chi connectivity index (χ0n) is 11.8. The molecule has 1 amide bonds. The summed E-state index contributed by atoms with van der Waals surface area (Å²) in [7, 11) is 1.61. The normalized spacial score (nSPS) is 12.8. The van der Waals surface area contributed by atoms with E-state index >= 15 is 0 Å². The molecule has 0 spiro atoms. The Balaban J connectivity index is 2.20. The van der Waals surface area contributed by atoms with E-state index in [4.69, 9.17) is 9.47 Å². The number of unbranched alkanes of at least 4 members (excludes halogenated alkanes) is 1. The molecule has 1 aliphatic rings. The fraction of sp³-hybridized carbons (Fsp3) is 0.312. The van der Waals surface area contributed by atoms with Gasteiger partial charge >= 0.3 is 0 Å². The molecular weight excluding hydrogens is 254 g/mol. The lowest BCUT2D eigenvalue weighted by Gasteiger charge is -2.06. The van der Waals surface area contributed by atoms with E-state index in [-0.39, 0.29) is 5.91 Å². The third-order valence-corrected chi connectivity index (χ3v) is 3.05. The Morgan fingerprint density at radius 3 is 3.00 bits per heavy atom. The van der Waals surface area contributed by atoms with Crippen molar-refractivity contribution in [2.75, 3.05) is 13.7 Å². The molecule has 0 fully saturated rings. The molecule has 0 saturated carbocycles. The lowest BCUT2D eigenvalue weighted by atomic mass is 10.1. The summed E-state index contributed by atoms with van der Waals surface area (Å²) in [5, 5.41) is 2.90. The molecule has 0 unspecified atom stereocenters. The van der Waals surface area contributed by atoms with Crippen molar-refractivity contribution in [3.8, 4) is 11.5 Å². The lowest BCUT2D eigenvalue weighted by molar-refractivity contribution is -0.117. The molecule has 0 aliphatic carbocycles. The third kappa shape index (κ3) is 3.41. The number of hydrogen-bond acceptors (Lipinski definition) is 3. The van der Waals surface area contributed by atoms with Crippen LogP contribution in [0.1, 0.15) is 25.3 Å². The Bertz CT molecular complexity index is 547. The summed E-state index contributed by atoms with van der Waals surface area (Å²) in [6.45, 7) is 2.78. The predicted octanol–water partition coefficient (Wildman–Crippen LogP) is 2.90. The number of amides is 1. The average Bonchev–Trinajstić information content (AvgIpc) is 2.68. The van der Waals surface area contributed by atoms with E-state index < -0.39 is 0 Å². The van der Waals surface area contributed by atoms with Crippen molar-refractivity contribution in [1.82, 2.24) is 5.32 Å². The van der Waals surface area contributed by atoms with Gasteiger partial charge in [-0.05, 0) is 36.8 Å². The molecule has 1 heterocycles. The van der Waals surface area contributed by atoms with Crippen molar-refractivity contribution in [2.24, 2.45) is 0 Å². The summed E-state index contributed by atoms with van der Waals surface area (Å²) in [6, 6.07) is 5.50. The minimum Gasteiger partial charge on any atom is -0.497 e. The van der Waals surface area contributed by atoms with Crippen molar-refractivity contribution >= 4 is 12.0 Å². The van der Waals surface area contributed by atoms with Crippen molar-refractivity contribution < 1.29 is 14.3 Å². The number of carbonyl (C=O) groups excluding carboxylic acids is 1. The van der Waals surface area contributed by atoms with E-state index in [1.54, 1.807) is 13.2 Å². The van der Waals surface area contributed by atoms with Crippen molar-refractivity contribution in [3.63, 3.8) is 0 Å². The van der Waals surface area contributed by atoms with Crippen LogP contribution in [-0.2, 0) is 4.79 Å². The highest BCUT2D eigenvalue weighted by atomic mass is 16.5. The van der Waals surface area contributed by atoms with E-state index in [0.29, 0.717) is 17.9 Å². The molecule has 0 atom stereocenters. The maximum absolute atomic E-state index is 12.1. The van der Waals surface area contributed by atoms with Gasteiger partial charge in [-0.1, -0.05) is 13.3 Å². The minimum absolute atomic E-state index is 0.0889. The second-order valence-corrected chi connectivity index (χ2v) is 4.53. The number of ether oxygens (including phenoxy) is 2. The smallest absolute Gasteiger partial charge is 0.251 e. The van der Waals surface area contributed by atoms with Gasteiger partial charge in [-0.25, -0.2) is 0 Å². The quantitative estimate of drug-likeness (QED) is 0.839. The first-order chi connectivity index (χ1) is 9.74. The van der Waals surface area contributed by atoms with Gasteiger partial charge in [0.05, 0.1) is 13.4 Å². The van der Waals surface area contributed by atoms with Gasteiger partial charge in [0.2, 0.25) is 0 Å². The van der Waals surface area contributed by atoms with Crippen LogP contribution in [0.15, 0.2) is 36.1 Å². The van der Waals surface area contributed by atoms with Gasteiger partial charge in [0.15, 0.2) is 0 Å². The van der Waals surface area contributed by atoms with Crippen molar-refractivity contribution in [1.29, 1.82) is 0 Å². The van der Waals surface area contributed by atoms with Crippen LogP contribution in [0.2, 0.25) is 0 Å². The first-order valence-corrected chi connectivity index (χ1v) is 6.75. The molecule has 1 N–H and O–H groups in total. The second kappa shape index (κ2) is 6.80. The van der Waals surface area contributed by atoms with Crippen LogP contribution in [-0.4, -0.2) is 19.6 Å². The fourth-order valence-corrected chi connectivity index (χ4v) is 1.89. The predicted molar refractivity (Wildman–Crippen MR) is 78.7 cm³/mol. The van der Waals surface area contributed by atoms with Gasteiger partial charge in [-0.2, -0.15) is 0 Å². The van der Waals surface area contributed by atoms with Crippen LogP contribution in [0.3, 0.4) is 0 Å². The highest BCUT2D eigenvalue weighted by Crippen LogP contribution is 2.28. The first-order valence-electron chi connectivity index (χ1n) is 6.75. The van der Waals surface area contributed by atoms with Crippen LogP contribution in [0.4, 0.5) is 0 Å². The van der Waals surface area contributed by atoms with Crippen LogP contribution in [0.25, 0.3) is 6.08 Å². The maximum atomic E-state index is 12.1. The summed E-state index contributed by atoms with van der Waals surface area (Å²) in [4.78, 5) is 12.1. The molecule has 2 rings (SSSR count). The summed E-state index contributed by atoms with van der Waals surface area (Å²) in [6.07, 6.45) is 7.04. The zero-order chi connectivity index (χ0) is 14.4. The lowest BCUT2D eigenvalue weighted by Crippen LogP contribution is -2.25. The Morgan fingerprint density at radius 1 is 1.40 bits per heavy atom. The molecule has 4 heteroatoms. The molecule has 1 aromatic carbocycles. The zero-order valence-corrected chi connectivity index (χ0v) is 11.8. The van der Waals surface area contributed by atoms with E-state index in [1.807, 2.05) is 24.3 Å². The van der Waals surface area contributed by atoms with Crippen LogP contribution in [0, 0.1) is 0 Å². The monoisotopic (exact) mass is 273 g/mol. The van der Waals surface area contributed by atoms with Crippen molar-refractivity contribution in [3.05, 3.63) is 41.7 Å². The second-order valence-electron chi connectivity index (χ2n) is 4.53. The number of rotatable bonds is 5. The average molecular weight is 273 g/mol. The SMILES string of the molecule is CCCCNC(=O)C1=Cc2cc(OC)ccc2OC=C1. The maximum Gasteiger partial charge on any atom is 0.251 e. The van der Waals surface area contributed by atoms with Gasteiger partial charge < -0.3 is 14.8 Å². The van der Waals surface area contributed by atoms with E-state index in [2.05, 4.69) is 12.2 Å². The third-order valence-electron chi connectivity index (χ3n) is 3.05. The van der Waals surface area contributed by atoms with Gasteiger partial charge in [0.1, 0.15) is 11.5 Å². The van der Waals surface area contributed by atoms with Crippen LogP contribution < -0.4 is 14.8 Å². The Kier molecular flexibility index (Phi) is 4.82. The Hall–Kier alpha value is -2.23. The molecule has 0 radical (unpaired) electrons. The number of methoxy groups -OCH3 is 1. The molecule has 1 aliphatic heterocycles. The highest BCUT2D eigenvalue weighted by molar-refractivity contribution is 6.01. The number of nitrogens with one attached hydrogen (secondary N) is 1. The number of fused-ring (bicyclic) bond motifs is 1. The van der Waals surface area contributed by atoms with Crippen LogP contribution in [0.5, 0.6) is 11.5 Å². The van der Waals surface area contributed by atoms with Gasteiger partial charge in [-0.15, -0.1) is 0 Å². The number of hydrogen-bond donors (Lipinski definition) is 1. The summed E-state index contributed by atoms with van der Waals surface area (Å²) in [5.41, 5.74) is 1.41. The van der Waals surface area contributed by atoms with Crippen LogP contribution >= 0.6 is 0 Å². The van der Waals surface area contributed by atoms with E-state index in [0.717, 1.165) is 24.2 Å². The van der Waals surface area contributed by atoms with E-state index in [9.17, 15) is 4.79 Å². The molecule has 0 bridgehead atoms. The standard InChI is InChI=1S/C16H19NO3/c1-3-4-8-17-16(18)12-7-9-20-15-6-5-14(19-2)11-13(15)10-12/h5-7,9-11H,3-4,8H2,1-2H3,(H,17,18). The molecule has 0 saturated heterocycles. The number of carbonyl (C=O) groups is 1. The highest BCUT2D eigenvalue weighted by Gasteiger charge is 2.12. The number of benzene rings is 1. The largest absolute Gasteiger partial charge is 0.497 e. The molecule has 0 aromatic heterocycles. The Labute approximate surface area is 119 Å². The first kappa shape index (κ1) is 14.2. The molecule has 4 nitrogen and oxygen atoms in total.